The SMILES string of the molecule is C=CCNCCC(C)N. The lowest BCUT2D eigenvalue weighted by atomic mass is 10.2. The Labute approximate surface area is 57.1 Å². The summed E-state index contributed by atoms with van der Waals surface area (Å²) in [5.41, 5.74) is 5.51. The molecule has 1 atom stereocenters. The monoisotopic (exact) mass is 128 g/mol. The van der Waals surface area contributed by atoms with E-state index in [0.29, 0.717) is 6.04 Å². The van der Waals surface area contributed by atoms with Crippen molar-refractivity contribution in [3.63, 3.8) is 0 Å². The number of nitrogens with one attached hydrogen (secondary N) is 1. The highest BCUT2D eigenvalue weighted by atomic mass is 14.8. The van der Waals surface area contributed by atoms with Crippen molar-refractivity contribution in [2.45, 2.75) is 19.4 Å². The predicted molar refractivity (Wildman–Crippen MR) is 41.3 cm³/mol. The Bertz CT molecular complexity index is 69.3. The van der Waals surface area contributed by atoms with E-state index in [-0.39, 0.29) is 0 Å². The topological polar surface area (TPSA) is 38.0 Å². The van der Waals surface area contributed by atoms with Crippen molar-refractivity contribution in [3.05, 3.63) is 12.7 Å². The summed E-state index contributed by atoms with van der Waals surface area (Å²) in [6.45, 7) is 7.46. The molecule has 0 aromatic heterocycles. The summed E-state index contributed by atoms with van der Waals surface area (Å²) in [6.07, 6.45) is 2.88. The largest absolute Gasteiger partial charge is 0.328 e. The molecule has 54 valence electrons. The zero-order valence-electron chi connectivity index (χ0n) is 6.06. The average molecular weight is 128 g/mol. The molecule has 0 heterocycles. The molecule has 0 saturated heterocycles. The van der Waals surface area contributed by atoms with Crippen LogP contribution in [0, 0.1) is 0 Å². The maximum atomic E-state index is 5.51. The van der Waals surface area contributed by atoms with Crippen molar-refractivity contribution in [3.8, 4) is 0 Å². The molecule has 0 spiro atoms. The molecule has 2 heteroatoms. The maximum Gasteiger partial charge on any atom is 0.0132 e. The Hall–Kier alpha value is -0.340. The van der Waals surface area contributed by atoms with Crippen LogP contribution in [0.25, 0.3) is 0 Å². The van der Waals surface area contributed by atoms with Crippen molar-refractivity contribution in [1.29, 1.82) is 0 Å². The molecule has 0 rings (SSSR count). The summed E-state index contributed by atoms with van der Waals surface area (Å²) in [6, 6.07) is 0.308. The van der Waals surface area contributed by atoms with Gasteiger partial charge in [-0.15, -0.1) is 6.58 Å². The summed E-state index contributed by atoms with van der Waals surface area (Å²) in [5, 5.41) is 3.17. The summed E-state index contributed by atoms with van der Waals surface area (Å²) >= 11 is 0. The summed E-state index contributed by atoms with van der Waals surface area (Å²) in [7, 11) is 0. The van der Waals surface area contributed by atoms with E-state index in [9.17, 15) is 0 Å². The molecule has 3 N–H and O–H groups in total. The standard InChI is InChI=1S/C7H16N2/c1-3-5-9-6-4-7(2)8/h3,7,9H,1,4-6,8H2,2H3. The first-order valence-electron chi connectivity index (χ1n) is 3.34. The Balaban J connectivity index is 2.82. The predicted octanol–water partition coefficient (Wildman–Crippen LogP) is 0.499. The lowest BCUT2D eigenvalue weighted by molar-refractivity contribution is 0.612. The van der Waals surface area contributed by atoms with Crippen molar-refractivity contribution in [1.82, 2.24) is 5.32 Å². The summed E-state index contributed by atoms with van der Waals surface area (Å²) in [4.78, 5) is 0. The fraction of sp³-hybridized carbons (Fsp3) is 0.714. The molecule has 0 bridgehead atoms. The maximum absolute atomic E-state index is 5.51. The third-order valence-corrected chi connectivity index (χ3v) is 1.07. The van der Waals surface area contributed by atoms with Crippen LogP contribution in [0.2, 0.25) is 0 Å². The second-order valence-electron chi connectivity index (χ2n) is 2.26. The van der Waals surface area contributed by atoms with Gasteiger partial charge < -0.3 is 11.1 Å². The zero-order valence-corrected chi connectivity index (χ0v) is 6.06. The van der Waals surface area contributed by atoms with Crippen LogP contribution in [0.4, 0.5) is 0 Å². The normalized spacial score (nSPS) is 13.1. The van der Waals surface area contributed by atoms with E-state index in [1.54, 1.807) is 0 Å². The number of hydrogen-bond acceptors (Lipinski definition) is 2. The molecule has 0 radical (unpaired) electrons. The molecule has 2 nitrogen and oxygen atoms in total. The van der Waals surface area contributed by atoms with Gasteiger partial charge in [-0.3, -0.25) is 0 Å². The van der Waals surface area contributed by atoms with E-state index >= 15 is 0 Å². The lowest BCUT2D eigenvalue weighted by Crippen LogP contribution is -2.23. The second-order valence-corrected chi connectivity index (χ2v) is 2.26. The van der Waals surface area contributed by atoms with E-state index < -0.39 is 0 Å². The van der Waals surface area contributed by atoms with E-state index in [1.807, 2.05) is 13.0 Å². The highest BCUT2D eigenvalue weighted by Crippen LogP contribution is 1.81. The summed E-state index contributed by atoms with van der Waals surface area (Å²) < 4.78 is 0. The highest BCUT2D eigenvalue weighted by Gasteiger charge is 1.90. The van der Waals surface area contributed by atoms with Crippen LogP contribution < -0.4 is 11.1 Å². The fourth-order valence-electron chi connectivity index (χ4n) is 0.534. The molecular formula is C7H16N2. The first-order chi connectivity index (χ1) is 4.27. The van der Waals surface area contributed by atoms with Gasteiger partial charge in [0.05, 0.1) is 0 Å². The molecule has 0 fully saturated rings. The van der Waals surface area contributed by atoms with E-state index in [2.05, 4.69) is 11.9 Å². The van der Waals surface area contributed by atoms with Gasteiger partial charge in [0.15, 0.2) is 0 Å². The van der Waals surface area contributed by atoms with Gasteiger partial charge in [-0.05, 0) is 19.9 Å². The smallest absolute Gasteiger partial charge is 0.0132 e. The van der Waals surface area contributed by atoms with Crippen molar-refractivity contribution < 1.29 is 0 Å². The van der Waals surface area contributed by atoms with Crippen LogP contribution in [0.3, 0.4) is 0 Å². The van der Waals surface area contributed by atoms with Gasteiger partial charge in [0.2, 0.25) is 0 Å². The van der Waals surface area contributed by atoms with Gasteiger partial charge in [0.25, 0.3) is 0 Å². The van der Waals surface area contributed by atoms with E-state index in [1.165, 1.54) is 0 Å². The second kappa shape index (κ2) is 5.79. The van der Waals surface area contributed by atoms with Crippen LogP contribution in [0.1, 0.15) is 13.3 Å². The molecule has 0 aliphatic heterocycles. The van der Waals surface area contributed by atoms with Gasteiger partial charge in [0, 0.05) is 12.6 Å². The Kier molecular flexibility index (Phi) is 5.57. The van der Waals surface area contributed by atoms with Gasteiger partial charge in [-0.25, -0.2) is 0 Å². The van der Waals surface area contributed by atoms with Gasteiger partial charge in [-0.1, -0.05) is 6.08 Å². The van der Waals surface area contributed by atoms with Crippen molar-refractivity contribution >= 4 is 0 Å². The number of hydrogen-bond donors (Lipinski definition) is 2. The van der Waals surface area contributed by atoms with E-state index in [4.69, 9.17) is 5.73 Å². The van der Waals surface area contributed by atoms with Crippen molar-refractivity contribution in [2.75, 3.05) is 13.1 Å². The molecule has 0 aromatic rings. The van der Waals surface area contributed by atoms with Crippen LogP contribution in [-0.4, -0.2) is 19.1 Å². The molecule has 0 aromatic carbocycles. The first kappa shape index (κ1) is 8.66. The summed E-state index contributed by atoms with van der Waals surface area (Å²) in [5.74, 6) is 0. The average Bonchev–Trinajstić information content (AvgIpc) is 1.80. The molecule has 0 amide bonds. The van der Waals surface area contributed by atoms with E-state index in [0.717, 1.165) is 19.5 Å². The quantitative estimate of drug-likeness (QED) is 0.418. The van der Waals surface area contributed by atoms with Crippen LogP contribution in [0.15, 0.2) is 12.7 Å². The fourth-order valence-corrected chi connectivity index (χ4v) is 0.534. The third-order valence-electron chi connectivity index (χ3n) is 1.07. The minimum absolute atomic E-state index is 0.308. The van der Waals surface area contributed by atoms with Gasteiger partial charge >= 0.3 is 0 Å². The Morgan fingerprint density at radius 1 is 1.78 bits per heavy atom. The van der Waals surface area contributed by atoms with Crippen LogP contribution in [-0.2, 0) is 0 Å². The highest BCUT2D eigenvalue weighted by molar-refractivity contribution is 4.69. The van der Waals surface area contributed by atoms with Crippen LogP contribution in [0.5, 0.6) is 0 Å². The Morgan fingerprint density at radius 3 is 2.89 bits per heavy atom. The molecule has 1 unspecified atom stereocenters. The molecular weight excluding hydrogens is 112 g/mol. The van der Waals surface area contributed by atoms with Crippen molar-refractivity contribution in [2.24, 2.45) is 5.73 Å². The molecule has 0 saturated carbocycles. The van der Waals surface area contributed by atoms with Crippen LogP contribution >= 0.6 is 0 Å². The molecule has 0 aliphatic rings. The minimum atomic E-state index is 0.308. The third kappa shape index (κ3) is 7.66. The van der Waals surface area contributed by atoms with Gasteiger partial charge in [-0.2, -0.15) is 0 Å². The molecule has 9 heavy (non-hydrogen) atoms. The number of rotatable bonds is 5. The Morgan fingerprint density at radius 2 is 2.44 bits per heavy atom. The first-order valence-corrected chi connectivity index (χ1v) is 3.34. The lowest BCUT2D eigenvalue weighted by Gasteiger charge is -2.03. The zero-order chi connectivity index (χ0) is 7.11. The number of nitrogens with two attached hydrogens (primary N) is 1. The van der Waals surface area contributed by atoms with Gasteiger partial charge in [0.1, 0.15) is 0 Å². The molecule has 0 aliphatic carbocycles. The minimum Gasteiger partial charge on any atom is -0.328 e.